The maximum atomic E-state index is 11.0. The number of hydrogen-bond acceptors (Lipinski definition) is 5. The van der Waals surface area contributed by atoms with E-state index in [-0.39, 0.29) is 11.4 Å². The van der Waals surface area contributed by atoms with Crippen LogP contribution in [-0.2, 0) is 6.54 Å². The van der Waals surface area contributed by atoms with Crippen LogP contribution in [0.3, 0.4) is 0 Å². The minimum Gasteiger partial charge on any atom is -0.490 e. The van der Waals surface area contributed by atoms with Gasteiger partial charge in [-0.3, -0.25) is 10.1 Å². The summed E-state index contributed by atoms with van der Waals surface area (Å²) in [7, 11) is 5.51. The lowest BCUT2D eigenvalue weighted by Gasteiger charge is -2.25. The maximum Gasteiger partial charge on any atom is 0.311 e. The van der Waals surface area contributed by atoms with Crippen LogP contribution >= 0.6 is 0 Å². The lowest BCUT2D eigenvalue weighted by atomic mass is 10.0. The van der Waals surface area contributed by atoms with Crippen LogP contribution in [0.1, 0.15) is 19.4 Å². The van der Waals surface area contributed by atoms with Crippen LogP contribution in [0.4, 0.5) is 5.69 Å². The summed E-state index contributed by atoms with van der Waals surface area (Å²) in [5, 5.41) is 14.5. The number of nitrogens with one attached hydrogen (secondary N) is 1. The number of hydrogen-bond donors (Lipinski definition) is 1. The molecular weight excluding hydrogens is 270 g/mol. The van der Waals surface area contributed by atoms with Crippen molar-refractivity contribution >= 4 is 5.69 Å². The average Bonchev–Trinajstić information content (AvgIpc) is 2.42. The Morgan fingerprint density at radius 1 is 1.38 bits per heavy atom. The van der Waals surface area contributed by atoms with Crippen LogP contribution in [0.5, 0.6) is 5.75 Å². The predicted molar refractivity (Wildman–Crippen MR) is 83.7 cm³/mol. The summed E-state index contributed by atoms with van der Waals surface area (Å²) in [4.78, 5) is 12.7. The van der Waals surface area contributed by atoms with Crippen molar-refractivity contribution in [1.29, 1.82) is 0 Å². The molecule has 0 aromatic heterocycles. The summed E-state index contributed by atoms with van der Waals surface area (Å²) in [5.41, 5.74) is 0.886. The predicted octanol–water partition coefficient (Wildman–Crippen LogP) is 2.28. The second-order valence-corrected chi connectivity index (χ2v) is 5.76. The Morgan fingerprint density at radius 2 is 2.05 bits per heavy atom. The number of rotatable bonds is 8. The van der Waals surface area contributed by atoms with E-state index in [1.165, 1.54) is 7.11 Å². The van der Waals surface area contributed by atoms with E-state index in [9.17, 15) is 10.1 Å². The quantitative estimate of drug-likeness (QED) is 0.588. The molecule has 1 atom stereocenters. The van der Waals surface area contributed by atoms with Crippen LogP contribution < -0.4 is 10.1 Å². The molecule has 1 aromatic carbocycles. The highest BCUT2D eigenvalue weighted by Gasteiger charge is 2.17. The molecule has 0 aliphatic rings. The van der Waals surface area contributed by atoms with Gasteiger partial charge in [-0.2, -0.15) is 0 Å². The highest BCUT2D eigenvalue weighted by molar-refractivity contribution is 5.48. The Balaban J connectivity index is 2.78. The van der Waals surface area contributed by atoms with E-state index >= 15 is 0 Å². The molecule has 6 heteroatoms. The SMILES string of the molecule is COc1ccc(CNC(CN(C)C)C(C)C)cc1[N+](=O)[O-]. The van der Waals surface area contributed by atoms with Crippen LogP contribution in [0.25, 0.3) is 0 Å². The summed E-state index contributed by atoms with van der Waals surface area (Å²) in [6, 6.07) is 5.40. The van der Waals surface area contributed by atoms with Crippen molar-refractivity contribution in [3.8, 4) is 5.75 Å². The third-order valence-corrected chi connectivity index (χ3v) is 3.37. The van der Waals surface area contributed by atoms with E-state index in [2.05, 4.69) is 24.1 Å². The van der Waals surface area contributed by atoms with Crippen LogP contribution in [0, 0.1) is 16.0 Å². The number of nitro groups is 1. The Bertz CT molecular complexity index is 475. The molecule has 0 radical (unpaired) electrons. The molecular formula is C15H25N3O3. The first kappa shape index (κ1) is 17.4. The van der Waals surface area contributed by atoms with Crippen molar-refractivity contribution < 1.29 is 9.66 Å². The van der Waals surface area contributed by atoms with Crippen molar-refractivity contribution in [2.45, 2.75) is 26.4 Å². The van der Waals surface area contributed by atoms with E-state index in [0.29, 0.717) is 18.5 Å². The zero-order chi connectivity index (χ0) is 16.0. The number of ether oxygens (including phenoxy) is 1. The van der Waals surface area contributed by atoms with Gasteiger partial charge in [0.15, 0.2) is 5.75 Å². The van der Waals surface area contributed by atoms with Crippen molar-refractivity contribution in [3.63, 3.8) is 0 Å². The molecule has 0 bridgehead atoms. The lowest BCUT2D eigenvalue weighted by molar-refractivity contribution is -0.385. The Labute approximate surface area is 126 Å². The smallest absolute Gasteiger partial charge is 0.311 e. The Hall–Kier alpha value is -1.66. The molecule has 1 rings (SSSR count). The average molecular weight is 295 g/mol. The first-order valence-corrected chi connectivity index (χ1v) is 7.04. The maximum absolute atomic E-state index is 11.0. The van der Waals surface area contributed by atoms with Gasteiger partial charge in [-0.05, 0) is 31.6 Å². The highest BCUT2D eigenvalue weighted by atomic mass is 16.6. The molecule has 1 N–H and O–H groups in total. The fraction of sp³-hybridized carbons (Fsp3) is 0.600. The topological polar surface area (TPSA) is 67.6 Å². The van der Waals surface area contributed by atoms with Gasteiger partial charge in [0, 0.05) is 25.2 Å². The number of methoxy groups -OCH3 is 1. The lowest BCUT2D eigenvalue weighted by Crippen LogP contribution is -2.41. The molecule has 0 aliphatic carbocycles. The molecule has 1 aromatic rings. The standard InChI is InChI=1S/C15H25N3O3/c1-11(2)13(10-17(3)4)16-9-12-6-7-15(21-5)14(8-12)18(19)20/h6-8,11,13,16H,9-10H2,1-5H3. The highest BCUT2D eigenvalue weighted by Crippen LogP contribution is 2.27. The second-order valence-electron chi connectivity index (χ2n) is 5.76. The molecule has 0 saturated heterocycles. The van der Waals surface area contributed by atoms with Gasteiger partial charge in [-0.1, -0.05) is 19.9 Å². The Morgan fingerprint density at radius 3 is 2.52 bits per heavy atom. The summed E-state index contributed by atoms with van der Waals surface area (Å²) in [5.74, 6) is 0.776. The normalized spacial score (nSPS) is 12.7. The largest absolute Gasteiger partial charge is 0.490 e. The zero-order valence-corrected chi connectivity index (χ0v) is 13.4. The summed E-state index contributed by atoms with van der Waals surface area (Å²) < 4.78 is 5.01. The third kappa shape index (κ3) is 5.32. The first-order chi connectivity index (χ1) is 9.85. The third-order valence-electron chi connectivity index (χ3n) is 3.37. The van der Waals surface area contributed by atoms with Gasteiger partial charge in [0.25, 0.3) is 0 Å². The molecule has 0 heterocycles. The monoisotopic (exact) mass is 295 g/mol. The van der Waals surface area contributed by atoms with Crippen LogP contribution in [0.2, 0.25) is 0 Å². The molecule has 0 aliphatic heterocycles. The zero-order valence-electron chi connectivity index (χ0n) is 13.4. The number of benzene rings is 1. The van der Waals surface area contributed by atoms with Crippen molar-refractivity contribution in [1.82, 2.24) is 10.2 Å². The van der Waals surface area contributed by atoms with Gasteiger partial charge in [0.2, 0.25) is 0 Å². The van der Waals surface area contributed by atoms with E-state index < -0.39 is 4.92 Å². The van der Waals surface area contributed by atoms with Crippen molar-refractivity contribution in [3.05, 3.63) is 33.9 Å². The molecule has 6 nitrogen and oxygen atoms in total. The molecule has 1 unspecified atom stereocenters. The van der Waals surface area contributed by atoms with Gasteiger partial charge >= 0.3 is 5.69 Å². The van der Waals surface area contributed by atoms with Gasteiger partial charge < -0.3 is 15.0 Å². The summed E-state index contributed by atoms with van der Waals surface area (Å²) in [6.07, 6.45) is 0. The first-order valence-electron chi connectivity index (χ1n) is 7.04. The van der Waals surface area contributed by atoms with Gasteiger partial charge in [-0.25, -0.2) is 0 Å². The number of nitro benzene ring substituents is 1. The van der Waals surface area contributed by atoms with Gasteiger partial charge in [0.1, 0.15) is 0 Å². The molecule has 0 saturated carbocycles. The minimum absolute atomic E-state index is 0.00510. The summed E-state index contributed by atoms with van der Waals surface area (Å²) >= 11 is 0. The molecule has 0 fully saturated rings. The van der Waals surface area contributed by atoms with E-state index in [0.717, 1.165) is 12.1 Å². The molecule has 21 heavy (non-hydrogen) atoms. The van der Waals surface area contributed by atoms with Gasteiger partial charge in [0.05, 0.1) is 12.0 Å². The number of likely N-dealkylation sites (N-methyl/N-ethyl adjacent to an activating group) is 1. The van der Waals surface area contributed by atoms with Crippen molar-refractivity contribution in [2.75, 3.05) is 27.7 Å². The fourth-order valence-corrected chi connectivity index (χ4v) is 2.14. The minimum atomic E-state index is -0.415. The molecule has 0 amide bonds. The Kier molecular flexibility index (Phi) is 6.58. The molecule has 118 valence electrons. The second kappa shape index (κ2) is 7.95. The molecule has 0 spiro atoms. The van der Waals surface area contributed by atoms with Crippen LogP contribution in [-0.4, -0.2) is 43.6 Å². The fourth-order valence-electron chi connectivity index (χ4n) is 2.14. The van der Waals surface area contributed by atoms with E-state index in [1.54, 1.807) is 12.1 Å². The van der Waals surface area contributed by atoms with Crippen LogP contribution in [0.15, 0.2) is 18.2 Å². The summed E-state index contributed by atoms with van der Waals surface area (Å²) in [6.45, 7) is 5.85. The van der Waals surface area contributed by atoms with Crippen molar-refractivity contribution in [2.24, 2.45) is 5.92 Å². The van der Waals surface area contributed by atoms with E-state index in [4.69, 9.17) is 4.74 Å². The number of nitrogens with zero attached hydrogens (tertiary/aromatic N) is 2. The van der Waals surface area contributed by atoms with Gasteiger partial charge in [-0.15, -0.1) is 0 Å². The van der Waals surface area contributed by atoms with E-state index in [1.807, 2.05) is 20.2 Å².